The van der Waals surface area contributed by atoms with E-state index in [1.54, 1.807) is 0 Å². The van der Waals surface area contributed by atoms with Gasteiger partial charge in [0.15, 0.2) is 5.82 Å². The summed E-state index contributed by atoms with van der Waals surface area (Å²) in [7, 11) is 0. The summed E-state index contributed by atoms with van der Waals surface area (Å²) in [6, 6.07) is 97.2. The molecule has 0 saturated carbocycles. The highest BCUT2D eigenvalue weighted by molar-refractivity contribution is 6.12. The van der Waals surface area contributed by atoms with Crippen molar-refractivity contribution in [3.63, 3.8) is 0 Å². The largest absolute Gasteiger partial charge is 0.278 e. The molecule has 11 aromatic carbocycles. The Kier molecular flexibility index (Phi) is 10.4. The molecule has 0 aliphatic rings. The minimum absolute atomic E-state index is 0.520. The van der Waals surface area contributed by atoms with Gasteiger partial charge in [-0.2, -0.15) is 15.0 Å². The minimum atomic E-state index is 0.520. The molecule has 5 heteroatoms. The molecule has 14 aromatic rings. The molecule has 0 unspecified atom stereocenters. The van der Waals surface area contributed by atoms with Gasteiger partial charge in [-0.25, -0.2) is 0 Å². The van der Waals surface area contributed by atoms with E-state index in [2.05, 4.69) is 282 Å². The molecule has 0 atom stereocenters. The van der Waals surface area contributed by atoms with Crippen LogP contribution in [0.3, 0.4) is 0 Å². The Hall–Kier alpha value is -9.97. The zero-order chi connectivity index (χ0) is 49.0. The molecule has 0 radical (unpaired) electrons. The van der Waals surface area contributed by atoms with E-state index in [4.69, 9.17) is 15.0 Å². The summed E-state index contributed by atoms with van der Waals surface area (Å²) < 4.78 is 4.51. The van der Waals surface area contributed by atoms with Gasteiger partial charge in [-0.15, -0.1) is 0 Å². The number of nitrogens with zero attached hydrogens (tertiary/aromatic N) is 5. The van der Waals surface area contributed by atoms with E-state index in [0.29, 0.717) is 17.7 Å². The second kappa shape index (κ2) is 18.0. The van der Waals surface area contributed by atoms with Gasteiger partial charge in [0.2, 0.25) is 11.9 Å². The van der Waals surface area contributed by atoms with Crippen LogP contribution in [0.1, 0.15) is 0 Å². The van der Waals surface area contributed by atoms with Gasteiger partial charge in [-0.05, 0) is 97.1 Å². The predicted octanol–water partition coefficient (Wildman–Crippen LogP) is 17.7. The fourth-order valence-corrected chi connectivity index (χ4v) is 10.7. The average Bonchev–Trinajstić information content (AvgIpc) is 3.99. The lowest BCUT2D eigenvalue weighted by Gasteiger charge is -2.14. The summed E-state index contributed by atoms with van der Waals surface area (Å²) in [6.45, 7) is 0. The molecule has 5 nitrogen and oxygen atoms in total. The molecule has 14 rings (SSSR count). The van der Waals surface area contributed by atoms with Crippen molar-refractivity contribution >= 4 is 43.6 Å². The molecule has 0 spiro atoms. The van der Waals surface area contributed by atoms with E-state index in [1.165, 1.54) is 11.1 Å². The molecule has 0 aliphatic carbocycles. The number of rotatable bonds is 9. The third-order valence-electron chi connectivity index (χ3n) is 14.4. The van der Waals surface area contributed by atoms with Crippen molar-refractivity contribution in [1.29, 1.82) is 0 Å². The van der Waals surface area contributed by atoms with Crippen LogP contribution in [0.25, 0.3) is 134 Å². The highest BCUT2D eigenvalue weighted by atomic mass is 15.3. The molecule has 0 bridgehead atoms. The van der Waals surface area contributed by atoms with Crippen LogP contribution >= 0.6 is 0 Å². The number of benzene rings is 11. The van der Waals surface area contributed by atoms with E-state index >= 15 is 0 Å². The summed E-state index contributed by atoms with van der Waals surface area (Å²) in [5.41, 5.74) is 18.4. The van der Waals surface area contributed by atoms with E-state index < -0.39 is 0 Å². The summed E-state index contributed by atoms with van der Waals surface area (Å²) in [5.74, 6) is 1.60. The number of hydrogen-bond donors (Lipinski definition) is 0. The first-order valence-electron chi connectivity index (χ1n) is 25.1. The number of hydrogen-bond acceptors (Lipinski definition) is 3. The van der Waals surface area contributed by atoms with Crippen molar-refractivity contribution in [2.75, 3.05) is 0 Å². The van der Waals surface area contributed by atoms with Crippen LogP contribution in [-0.2, 0) is 0 Å². The molecular formula is C69H45N5. The quantitative estimate of drug-likeness (QED) is 0.145. The lowest BCUT2D eigenvalue weighted by Crippen LogP contribution is -2.10. The van der Waals surface area contributed by atoms with Gasteiger partial charge < -0.3 is 0 Å². The number of aromatic nitrogens is 5. The highest BCUT2D eigenvalue weighted by Gasteiger charge is 2.23. The second-order valence-corrected chi connectivity index (χ2v) is 18.8. The molecule has 0 amide bonds. The maximum atomic E-state index is 5.68. The van der Waals surface area contributed by atoms with E-state index in [0.717, 1.165) is 105 Å². The first-order chi connectivity index (χ1) is 36.7. The second-order valence-electron chi connectivity index (χ2n) is 18.8. The van der Waals surface area contributed by atoms with Gasteiger partial charge in [0.1, 0.15) is 0 Å². The maximum Gasteiger partial charge on any atom is 0.240 e. The van der Waals surface area contributed by atoms with Crippen molar-refractivity contribution in [2.45, 2.75) is 0 Å². The van der Waals surface area contributed by atoms with E-state index in [9.17, 15) is 0 Å². The lowest BCUT2D eigenvalue weighted by molar-refractivity contribution is 0.893. The molecule has 346 valence electrons. The van der Waals surface area contributed by atoms with Crippen LogP contribution in [0.2, 0.25) is 0 Å². The minimum Gasteiger partial charge on any atom is -0.278 e. The Morgan fingerprint density at radius 1 is 0.189 bits per heavy atom. The van der Waals surface area contributed by atoms with Crippen molar-refractivity contribution in [1.82, 2.24) is 24.1 Å². The molecule has 0 N–H and O–H groups in total. The summed E-state index contributed by atoms with van der Waals surface area (Å²) in [5, 5.41) is 4.45. The standard InChI is InChI=1S/C69H45N5/c1-6-17-46(18-7-1)51-29-31-52(32-30-51)53-27-16-28-58(41-53)67-70-68(73-63-42-54(47-19-8-2-9-20-47)33-37-59(63)60-38-34-55(43-64(60)73)48-21-10-3-11-22-48)72-69(71-67)74-65-44-56(49-23-12-4-13-24-49)35-39-61(65)62-40-36-57(45-66(62)74)50-25-14-5-15-26-50/h1-45H. The highest BCUT2D eigenvalue weighted by Crippen LogP contribution is 2.40. The van der Waals surface area contributed by atoms with Gasteiger partial charge in [0.05, 0.1) is 22.1 Å². The van der Waals surface area contributed by atoms with Crippen LogP contribution in [0.5, 0.6) is 0 Å². The zero-order valence-corrected chi connectivity index (χ0v) is 40.2. The summed E-state index contributed by atoms with van der Waals surface area (Å²) >= 11 is 0. The van der Waals surface area contributed by atoms with Crippen LogP contribution in [0.15, 0.2) is 273 Å². The molecule has 74 heavy (non-hydrogen) atoms. The topological polar surface area (TPSA) is 48.5 Å². The third-order valence-corrected chi connectivity index (χ3v) is 14.4. The van der Waals surface area contributed by atoms with Crippen LogP contribution < -0.4 is 0 Å². The van der Waals surface area contributed by atoms with E-state index in [1.807, 2.05) is 0 Å². The Labute approximate surface area is 428 Å². The molecular weight excluding hydrogens is 899 g/mol. The normalized spacial score (nSPS) is 11.5. The Bertz CT molecular complexity index is 3960. The fraction of sp³-hybridized carbons (Fsp3) is 0. The number of fused-ring (bicyclic) bond motifs is 6. The molecule has 3 aromatic heterocycles. The van der Waals surface area contributed by atoms with Crippen LogP contribution in [-0.4, -0.2) is 24.1 Å². The van der Waals surface area contributed by atoms with Crippen molar-refractivity contribution in [3.8, 4) is 90.0 Å². The monoisotopic (exact) mass is 943 g/mol. The van der Waals surface area contributed by atoms with Crippen LogP contribution in [0, 0.1) is 0 Å². The molecule has 0 aliphatic heterocycles. The van der Waals surface area contributed by atoms with Gasteiger partial charge in [0, 0.05) is 27.1 Å². The lowest BCUT2D eigenvalue weighted by atomic mass is 9.99. The predicted molar refractivity (Wildman–Crippen MR) is 307 cm³/mol. The Balaban J connectivity index is 1.06. The zero-order valence-electron chi connectivity index (χ0n) is 40.2. The van der Waals surface area contributed by atoms with Gasteiger partial charge >= 0.3 is 0 Å². The Morgan fingerprint density at radius 3 is 0.770 bits per heavy atom. The van der Waals surface area contributed by atoms with Gasteiger partial charge in [-0.3, -0.25) is 9.13 Å². The van der Waals surface area contributed by atoms with Crippen molar-refractivity contribution < 1.29 is 0 Å². The smallest absolute Gasteiger partial charge is 0.240 e. The molecule has 0 fully saturated rings. The third kappa shape index (κ3) is 7.63. The van der Waals surface area contributed by atoms with Crippen LogP contribution in [0.4, 0.5) is 0 Å². The summed E-state index contributed by atoms with van der Waals surface area (Å²) in [6.07, 6.45) is 0. The van der Waals surface area contributed by atoms with Gasteiger partial charge in [-0.1, -0.05) is 243 Å². The molecule has 3 heterocycles. The summed E-state index contributed by atoms with van der Waals surface area (Å²) in [4.78, 5) is 16.8. The Morgan fingerprint density at radius 2 is 0.432 bits per heavy atom. The van der Waals surface area contributed by atoms with E-state index in [-0.39, 0.29) is 0 Å². The van der Waals surface area contributed by atoms with Crippen molar-refractivity contribution in [2.24, 2.45) is 0 Å². The molecule has 0 saturated heterocycles. The van der Waals surface area contributed by atoms with Crippen molar-refractivity contribution in [3.05, 3.63) is 273 Å². The first kappa shape index (κ1) is 42.9. The maximum absolute atomic E-state index is 5.68. The fourth-order valence-electron chi connectivity index (χ4n) is 10.7. The first-order valence-corrected chi connectivity index (χ1v) is 25.1. The average molecular weight is 944 g/mol. The van der Waals surface area contributed by atoms with Gasteiger partial charge in [0.25, 0.3) is 0 Å². The SMILES string of the molecule is c1ccc(-c2ccc(-c3cccc(-c4nc(-n5c6cc(-c7ccccc7)ccc6c6ccc(-c7ccccc7)cc65)nc(-n5c6cc(-c7ccccc7)ccc6c6ccc(-c7ccccc7)cc65)n4)c3)cc2)cc1.